The fourth-order valence-electron chi connectivity index (χ4n) is 2.30. The summed E-state index contributed by atoms with van der Waals surface area (Å²) in [4.78, 5) is 27.5. The quantitative estimate of drug-likeness (QED) is 0.846. The van der Waals surface area contributed by atoms with Crippen molar-refractivity contribution in [2.45, 2.75) is 33.2 Å². The van der Waals surface area contributed by atoms with E-state index < -0.39 is 12.0 Å². The van der Waals surface area contributed by atoms with Crippen LogP contribution in [-0.4, -0.2) is 39.0 Å². The number of hydrogen-bond acceptors (Lipinski definition) is 4. The second kappa shape index (κ2) is 6.46. The molecule has 2 heterocycles. The molecule has 2 rings (SSSR count). The van der Waals surface area contributed by atoms with E-state index in [2.05, 4.69) is 10.3 Å². The van der Waals surface area contributed by atoms with Crippen LogP contribution < -0.4 is 10.1 Å². The summed E-state index contributed by atoms with van der Waals surface area (Å²) in [7, 11) is 0. The molecule has 0 radical (unpaired) electrons. The maximum Gasteiger partial charge on any atom is 0.305 e. The molecule has 7 nitrogen and oxygen atoms in total. The van der Waals surface area contributed by atoms with Gasteiger partial charge in [0.25, 0.3) is 5.91 Å². The fraction of sp³-hybridized carbons (Fsp3) is 0.400. The largest absolute Gasteiger partial charge is 0.490 e. The second-order valence-corrected chi connectivity index (χ2v) is 5.02. The SMILES string of the molecule is CCOc1cccn2c(C(=O)N[C@H](C)CC(=O)O)c(C)nc12. The molecule has 0 aliphatic heterocycles. The zero-order valence-electron chi connectivity index (χ0n) is 12.8. The summed E-state index contributed by atoms with van der Waals surface area (Å²) in [6, 6.07) is 3.10. The van der Waals surface area contributed by atoms with Gasteiger partial charge in [0.1, 0.15) is 5.69 Å². The van der Waals surface area contributed by atoms with Crippen molar-refractivity contribution >= 4 is 17.5 Å². The van der Waals surface area contributed by atoms with Crippen LogP contribution in [0.15, 0.2) is 18.3 Å². The number of imidazole rings is 1. The molecule has 1 atom stereocenters. The summed E-state index contributed by atoms with van der Waals surface area (Å²) in [5, 5.41) is 11.4. The smallest absolute Gasteiger partial charge is 0.305 e. The number of nitrogens with zero attached hydrogens (tertiary/aromatic N) is 2. The molecule has 2 aromatic heterocycles. The lowest BCUT2D eigenvalue weighted by molar-refractivity contribution is -0.137. The molecule has 118 valence electrons. The molecule has 7 heteroatoms. The van der Waals surface area contributed by atoms with Gasteiger partial charge in [-0.2, -0.15) is 0 Å². The molecule has 0 aliphatic rings. The van der Waals surface area contributed by atoms with E-state index in [9.17, 15) is 9.59 Å². The summed E-state index contributed by atoms with van der Waals surface area (Å²) in [5.41, 5.74) is 1.51. The van der Waals surface area contributed by atoms with Crippen molar-refractivity contribution in [2.75, 3.05) is 6.61 Å². The van der Waals surface area contributed by atoms with Crippen LogP contribution in [0.3, 0.4) is 0 Å². The number of carboxylic acids is 1. The number of carbonyl (C=O) groups is 2. The Morgan fingerprint density at radius 2 is 2.23 bits per heavy atom. The highest BCUT2D eigenvalue weighted by atomic mass is 16.5. The number of aromatic nitrogens is 2. The van der Waals surface area contributed by atoms with E-state index in [0.29, 0.717) is 29.4 Å². The first-order chi connectivity index (χ1) is 10.4. The van der Waals surface area contributed by atoms with Crippen LogP contribution in [0.25, 0.3) is 5.65 Å². The monoisotopic (exact) mass is 305 g/mol. The number of carbonyl (C=O) groups excluding carboxylic acids is 1. The standard InChI is InChI=1S/C15H19N3O4/c1-4-22-11-6-5-7-18-13(10(3)17-14(11)18)15(21)16-9(2)8-12(19)20/h5-7,9H,4,8H2,1-3H3,(H,16,21)(H,19,20)/t9-/m1/s1. The summed E-state index contributed by atoms with van der Waals surface area (Å²) in [6.45, 7) is 5.76. The van der Waals surface area contributed by atoms with Gasteiger partial charge in [0.15, 0.2) is 11.4 Å². The van der Waals surface area contributed by atoms with E-state index in [-0.39, 0.29) is 12.3 Å². The molecule has 0 spiro atoms. The first-order valence-electron chi connectivity index (χ1n) is 7.07. The summed E-state index contributed by atoms with van der Waals surface area (Å²) in [5.74, 6) is -0.709. The number of ether oxygens (including phenoxy) is 1. The Morgan fingerprint density at radius 1 is 1.50 bits per heavy atom. The van der Waals surface area contributed by atoms with Gasteiger partial charge in [-0.25, -0.2) is 4.98 Å². The number of fused-ring (bicyclic) bond motifs is 1. The van der Waals surface area contributed by atoms with Gasteiger partial charge in [0, 0.05) is 12.2 Å². The van der Waals surface area contributed by atoms with E-state index in [0.717, 1.165) is 0 Å². The highest BCUT2D eigenvalue weighted by Gasteiger charge is 2.20. The zero-order chi connectivity index (χ0) is 16.3. The molecule has 0 saturated carbocycles. The number of aryl methyl sites for hydroxylation is 1. The predicted molar refractivity (Wildman–Crippen MR) is 80.3 cm³/mol. The van der Waals surface area contributed by atoms with Gasteiger partial charge < -0.3 is 15.2 Å². The Morgan fingerprint density at radius 3 is 2.86 bits per heavy atom. The minimum atomic E-state index is -0.957. The van der Waals surface area contributed by atoms with Gasteiger partial charge in [-0.3, -0.25) is 14.0 Å². The molecule has 2 N–H and O–H groups in total. The lowest BCUT2D eigenvalue weighted by atomic mass is 10.2. The Bertz CT molecular complexity index is 708. The van der Waals surface area contributed by atoms with Crippen LogP contribution in [0, 0.1) is 6.92 Å². The number of amides is 1. The van der Waals surface area contributed by atoms with E-state index in [1.807, 2.05) is 6.92 Å². The second-order valence-electron chi connectivity index (χ2n) is 5.02. The van der Waals surface area contributed by atoms with Crippen LogP contribution in [0.1, 0.15) is 36.5 Å². The minimum absolute atomic E-state index is 0.133. The van der Waals surface area contributed by atoms with Crippen molar-refractivity contribution in [3.63, 3.8) is 0 Å². The van der Waals surface area contributed by atoms with Crippen molar-refractivity contribution < 1.29 is 19.4 Å². The Balaban J connectivity index is 2.35. The van der Waals surface area contributed by atoms with Crippen LogP contribution >= 0.6 is 0 Å². The first kappa shape index (κ1) is 15.8. The van der Waals surface area contributed by atoms with Crippen LogP contribution in [0.5, 0.6) is 5.75 Å². The minimum Gasteiger partial charge on any atom is -0.490 e. The Kier molecular flexibility index (Phi) is 4.65. The van der Waals surface area contributed by atoms with Gasteiger partial charge in [-0.05, 0) is 32.9 Å². The van der Waals surface area contributed by atoms with E-state index in [1.165, 1.54) is 0 Å². The maximum atomic E-state index is 12.4. The zero-order valence-corrected chi connectivity index (χ0v) is 12.8. The van der Waals surface area contributed by atoms with Crippen molar-refractivity contribution in [2.24, 2.45) is 0 Å². The molecule has 0 bridgehead atoms. The molecule has 0 aromatic carbocycles. The van der Waals surface area contributed by atoms with Crippen molar-refractivity contribution in [1.29, 1.82) is 0 Å². The van der Waals surface area contributed by atoms with E-state index >= 15 is 0 Å². The molecule has 1 amide bonds. The van der Waals surface area contributed by atoms with Crippen molar-refractivity contribution in [1.82, 2.24) is 14.7 Å². The Hall–Kier alpha value is -2.57. The van der Waals surface area contributed by atoms with Gasteiger partial charge in [-0.1, -0.05) is 0 Å². The number of pyridine rings is 1. The molecular weight excluding hydrogens is 286 g/mol. The van der Waals surface area contributed by atoms with Crippen molar-refractivity contribution in [3.05, 3.63) is 29.7 Å². The molecule has 2 aromatic rings. The van der Waals surface area contributed by atoms with Crippen molar-refractivity contribution in [3.8, 4) is 5.75 Å². The maximum absolute atomic E-state index is 12.4. The topological polar surface area (TPSA) is 92.9 Å². The van der Waals surface area contributed by atoms with E-state index in [1.54, 1.807) is 36.6 Å². The molecular formula is C15H19N3O4. The third-order valence-corrected chi connectivity index (χ3v) is 3.16. The summed E-state index contributed by atoms with van der Waals surface area (Å²) < 4.78 is 7.16. The average Bonchev–Trinajstić information content (AvgIpc) is 2.75. The number of carboxylic acid groups (broad SMARTS) is 1. The number of rotatable bonds is 6. The molecule has 0 unspecified atom stereocenters. The molecule has 0 saturated heterocycles. The van der Waals surface area contributed by atoms with Crippen LogP contribution in [0.2, 0.25) is 0 Å². The Labute approximate surface area is 127 Å². The van der Waals surface area contributed by atoms with Gasteiger partial charge in [0.05, 0.1) is 18.7 Å². The van der Waals surface area contributed by atoms with Crippen LogP contribution in [-0.2, 0) is 4.79 Å². The highest BCUT2D eigenvalue weighted by molar-refractivity contribution is 5.95. The number of aliphatic carboxylic acids is 1. The predicted octanol–water partition coefficient (Wildman–Crippen LogP) is 1.63. The molecule has 22 heavy (non-hydrogen) atoms. The third kappa shape index (κ3) is 3.19. The fourth-order valence-corrected chi connectivity index (χ4v) is 2.30. The van der Waals surface area contributed by atoms with E-state index in [4.69, 9.17) is 9.84 Å². The third-order valence-electron chi connectivity index (χ3n) is 3.16. The van der Waals surface area contributed by atoms with Gasteiger partial charge in [-0.15, -0.1) is 0 Å². The normalized spacial score (nSPS) is 12.1. The number of hydrogen-bond donors (Lipinski definition) is 2. The van der Waals surface area contributed by atoms with Crippen LogP contribution in [0.4, 0.5) is 0 Å². The first-order valence-corrected chi connectivity index (χ1v) is 7.07. The lowest BCUT2D eigenvalue weighted by Gasteiger charge is -2.12. The lowest BCUT2D eigenvalue weighted by Crippen LogP contribution is -2.35. The average molecular weight is 305 g/mol. The van der Waals surface area contributed by atoms with Gasteiger partial charge >= 0.3 is 5.97 Å². The summed E-state index contributed by atoms with van der Waals surface area (Å²) >= 11 is 0. The highest BCUT2D eigenvalue weighted by Crippen LogP contribution is 2.22. The van der Waals surface area contributed by atoms with Gasteiger partial charge in [0.2, 0.25) is 0 Å². The number of nitrogens with one attached hydrogen (secondary N) is 1. The summed E-state index contributed by atoms with van der Waals surface area (Å²) in [6.07, 6.45) is 1.60. The molecule has 0 aliphatic carbocycles. The molecule has 0 fully saturated rings.